The predicted molar refractivity (Wildman–Crippen MR) is 169 cm³/mol. The van der Waals surface area contributed by atoms with Crippen LogP contribution in [0.4, 0.5) is 0 Å². The van der Waals surface area contributed by atoms with Gasteiger partial charge in [-0.05, 0) is 60.8 Å². The third-order valence-corrected chi connectivity index (χ3v) is 7.59. The van der Waals surface area contributed by atoms with Crippen LogP contribution in [0.5, 0.6) is 0 Å². The zero-order chi connectivity index (χ0) is 33.2. The van der Waals surface area contributed by atoms with E-state index >= 15 is 0 Å². The van der Waals surface area contributed by atoms with Crippen LogP contribution in [0.15, 0.2) is 48.5 Å². The van der Waals surface area contributed by atoms with Gasteiger partial charge in [0.1, 0.15) is 0 Å². The molecule has 8 nitrogen and oxygen atoms in total. The van der Waals surface area contributed by atoms with Crippen LogP contribution in [0.2, 0.25) is 0 Å². The summed E-state index contributed by atoms with van der Waals surface area (Å²) in [7, 11) is 0. The fourth-order valence-corrected chi connectivity index (χ4v) is 5.33. The van der Waals surface area contributed by atoms with E-state index in [0.29, 0.717) is 11.1 Å². The molecule has 0 aliphatic rings. The first kappa shape index (κ1) is 36.5. The van der Waals surface area contributed by atoms with Gasteiger partial charge in [-0.3, -0.25) is 19.2 Å². The van der Waals surface area contributed by atoms with Crippen LogP contribution in [0, 0.1) is 11.8 Å². The lowest BCUT2D eigenvalue weighted by Gasteiger charge is -2.36. The van der Waals surface area contributed by atoms with Crippen LogP contribution in [0.1, 0.15) is 103 Å². The molecule has 0 unspecified atom stereocenters. The topological polar surface area (TPSA) is 105 Å². The fraction of sp³-hybridized carbons (Fsp3) is 0.556. The Bertz CT molecular complexity index is 1110. The van der Waals surface area contributed by atoms with Gasteiger partial charge >= 0.3 is 23.9 Å². The Hall–Kier alpha value is -3.68. The van der Waals surface area contributed by atoms with Gasteiger partial charge in [-0.2, -0.15) is 0 Å². The third-order valence-electron chi connectivity index (χ3n) is 7.59. The van der Waals surface area contributed by atoms with E-state index in [-0.39, 0.29) is 37.3 Å². The van der Waals surface area contributed by atoms with Gasteiger partial charge in [-0.15, -0.1) is 0 Å². The lowest BCUT2D eigenvalue weighted by molar-refractivity contribution is -0.169. The molecular formula is C36H50O8. The number of hydrogen-bond donors (Lipinski definition) is 0. The smallest absolute Gasteiger partial charge is 0.320 e. The second-order valence-electron chi connectivity index (χ2n) is 12.8. The van der Waals surface area contributed by atoms with Crippen LogP contribution in [-0.2, 0) is 49.0 Å². The van der Waals surface area contributed by atoms with Gasteiger partial charge in [0.15, 0.2) is 11.8 Å². The average molecular weight is 611 g/mol. The molecule has 0 aliphatic carbocycles. The van der Waals surface area contributed by atoms with Crippen LogP contribution in [0.25, 0.3) is 0 Å². The number of carbonyl (C=O) groups excluding carboxylic acids is 4. The van der Waals surface area contributed by atoms with Crippen molar-refractivity contribution < 1.29 is 38.1 Å². The van der Waals surface area contributed by atoms with Crippen molar-refractivity contribution in [1.29, 1.82) is 0 Å². The number of carbonyl (C=O) groups is 4. The maximum Gasteiger partial charge on any atom is 0.320 e. The highest BCUT2D eigenvalue weighted by Crippen LogP contribution is 2.46. The first-order valence-corrected chi connectivity index (χ1v) is 15.5. The minimum absolute atomic E-state index is 0.0224. The van der Waals surface area contributed by atoms with E-state index in [1.165, 1.54) is 0 Å². The Morgan fingerprint density at radius 2 is 0.705 bits per heavy atom. The Morgan fingerprint density at radius 1 is 0.477 bits per heavy atom. The lowest BCUT2D eigenvalue weighted by atomic mass is 9.67. The molecule has 0 heterocycles. The molecule has 0 N–H and O–H groups in total. The van der Waals surface area contributed by atoms with Gasteiger partial charge in [0.25, 0.3) is 0 Å². The number of rotatable bonds is 13. The molecule has 0 fully saturated rings. The highest BCUT2D eigenvalue weighted by Gasteiger charge is 2.50. The van der Waals surface area contributed by atoms with Gasteiger partial charge in [-0.25, -0.2) is 0 Å². The monoisotopic (exact) mass is 610 g/mol. The molecule has 2 aromatic carbocycles. The first-order chi connectivity index (χ1) is 20.6. The first-order valence-electron chi connectivity index (χ1n) is 15.5. The number of hydrogen-bond acceptors (Lipinski definition) is 8. The Kier molecular flexibility index (Phi) is 13.2. The van der Waals surface area contributed by atoms with Crippen LogP contribution >= 0.6 is 0 Å². The summed E-state index contributed by atoms with van der Waals surface area (Å²) < 4.78 is 21.7. The van der Waals surface area contributed by atoms with E-state index in [1.807, 2.05) is 48.5 Å². The highest BCUT2D eigenvalue weighted by molar-refractivity contribution is 5.99. The minimum Gasteiger partial charge on any atom is -0.465 e. The normalized spacial score (nSPS) is 13.3. The van der Waals surface area contributed by atoms with E-state index in [2.05, 4.69) is 41.5 Å². The van der Waals surface area contributed by atoms with Crippen LogP contribution in [0.3, 0.4) is 0 Å². The Balaban J connectivity index is 3.05. The number of esters is 4. The van der Waals surface area contributed by atoms with Crippen molar-refractivity contribution in [3.8, 4) is 0 Å². The van der Waals surface area contributed by atoms with Crippen molar-refractivity contribution in [1.82, 2.24) is 0 Å². The molecule has 0 spiro atoms. The molecule has 0 amide bonds. The zero-order valence-electron chi connectivity index (χ0n) is 28.0. The number of benzene rings is 2. The maximum atomic E-state index is 13.7. The predicted octanol–water partition coefficient (Wildman–Crippen LogP) is 6.63. The van der Waals surface area contributed by atoms with Gasteiger partial charge in [0, 0.05) is 11.8 Å². The fourth-order valence-electron chi connectivity index (χ4n) is 5.33. The molecule has 0 aromatic heterocycles. The number of ether oxygens (including phenoxy) is 4. The van der Waals surface area contributed by atoms with Crippen LogP contribution < -0.4 is 0 Å². The summed E-state index contributed by atoms with van der Waals surface area (Å²) in [6.45, 7) is 19.2. The van der Waals surface area contributed by atoms with E-state index in [4.69, 9.17) is 18.9 Å². The van der Waals surface area contributed by atoms with Crippen molar-refractivity contribution in [3.05, 3.63) is 70.8 Å². The third kappa shape index (κ3) is 9.16. The van der Waals surface area contributed by atoms with Gasteiger partial charge in [-0.1, -0.05) is 90.1 Å². The molecule has 242 valence electrons. The Morgan fingerprint density at radius 3 is 0.886 bits per heavy atom. The largest absolute Gasteiger partial charge is 0.465 e. The standard InChI is InChI=1S/C36H50O8/c1-11-41-31(37)29(32(38)42-12-2)27(23-15-19-25(20-16-23)35(5,6)7)28(24-17-21-26(22-18-24)36(8,9)10)30(33(39)43-13-3)34(40)44-14-4/h15-22,27-30H,11-14H2,1-10H3/t27-,28+. The molecule has 0 bridgehead atoms. The molecule has 44 heavy (non-hydrogen) atoms. The molecule has 0 radical (unpaired) electrons. The molecule has 2 aromatic rings. The SMILES string of the molecule is CCOC(=O)C(C(=O)OCC)[C@@H](c1ccc(C(C)(C)C)cc1)[C@@H](c1ccc(C(C)(C)C)cc1)C(C(=O)OCC)C(=O)OCC. The van der Waals surface area contributed by atoms with Crippen molar-refractivity contribution in [3.63, 3.8) is 0 Å². The molecule has 8 heteroatoms. The maximum absolute atomic E-state index is 13.7. The second-order valence-corrected chi connectivity index (χ2v) is 12.8. The molecule has 0 saturated heterocycles. The van der Waals surface area contributed by atoms with Crippen LogP contribution in [-0.4, -0.2) is 50.3 Å². The molecule has 0 saturated carbocycles. The summed E-state index contributed by atoms with van der Waals surface area (Å²) >= 11 is 0. The average Bonchev–Trinajstić information content (AvgIpc) is 2.94. The summed E-state index contributed by atoms with van der Waals surface area (Å²) in [6.07, 6.45) is 0. The van der Waals surface area contributed by atoms with E-state index in [9.17, 15) is 19.2 Å². The summed E-state index contributed by atoms with van der Waals surface area (Å²) in [5.74, 6) is -8.32. The molecule has 2 rings (SSSR count). The van der Waals surface area contributed by atoms with Gasteiger partial charge < -0.3 is 18.9 Å². The zero-order valence-corrected chi connectivity index (χ0v) is 28.0. The summed E-state index contributed by atoms with van der Waals surface area (Å²) in [4.78, 5) is 54.7. The van der Waals surface area contributed by atoms with Crippen molar-refractivity contribution in [2.24, 2.45) is 11.8 Å². The minimum atomic E-state index is -1.49. The lowest BCUT2D eigenvalue weighted by Crippen LogP contribution is -2.42. The van der Waals surface area contributed by atoms with Gasteiger partial charge in [0.05, 0.1) is 26.4 Å². The van der Waals surface area contributed by atoms with E-state index in [1.54, 1.807) is 27.7 Å². The van der Waals surface area contributed by atoms with Crippen molar-refractivity contribution >= 4 is 23.9 Å². The van der Waals surface area contributed by atoms with Crippen molar-refractivity contribution in [2.45, 2.75) is 91.9 Å². The molecule has 0 aliphatic heterocycles. The summed E-state index contributed by atoms with van der Waals surface area (Å²) in [5, 5.41) is 0. The quantitative estimate of drug-likeness (QED) is 0.141. The Labute approximate surface area is 262 Å². The summed E-state index contributed by atoms with van der Waals surface area (Å²) in [5.41, 5.74) is 2.84. The van der Waals surface area contributed by atoms with Gasteiger partial charge in [0.2, 0.25) is 0 Å². The van der Waals surface area contributed by atoms with Crippen molar-refractivity contribution in [2.75, 3.05) is 26.4 Å². The van der Waals surface area contributed by atoms with E-state index in [0.717, 1.165) is 11.1 Å². The summed E-state index contributed by atoms with van der Waals surface area (Å²) in [6, 6.07) is 15.1. The molecular weight excluding hydrogens is 560 g/mol. The van der Waals surface area contributed by atoms with E-state index < -0.39 is 47.5 Å². The molecule has 2 atom stereocenters. The second kappa shape index (κ2) is 15.9. The highest BCUT2D eigenvalue weighted by atomic mass is 16.6.